The lowest BCUT2D eigenvalue weighted by Gasteiger charge is -2.30. The summed E-state index contributed by atoms with van der Waals surface area (Å²) in [4.78, 5) is 11.8. The molecule has 1 amide bonds. The molecule has 0 radical (unpaired) electrons. The fourth-order valence-electron chi connectivity index (χ4n) is 1.44. The number of aliphatic hydroxyl groups is 1. The van der Waals surface area contributed by atoms with Crippen LogP contribution in [0.2, 0.25) is 0 Å². The molecular formula is C11H24N2O4S. The van der Waals surface area contributed by atoms with Crippen LogP contribution in [0, 0.1) is 0 Å². The number of rotatable bonds is 8. The van der Waals surface area contributed by atoms with E-state index in [9.17, 15) is 13.2 Å². The fourth-order valence-corrected chi connectivity index (χ4v) is 2.12. The van der Waals surface area contributed by atoms with Crippen molar-refractivity contribution in [3.63, 3.8) is 0 Å². The minimum absolute atomic E-state index is 0.0246. The van der Waals surface area contributed by atoms with Crippen molar-refractivity contribution in [2.75, 3.05) is 18.6 Å². The molecule has 0 aromatic heterocycles. The Kier molecular flexibility index (Phi) is 6.80. The number of aliphatic hydroxyl groups excluding tert-OH is 1. The van der Waals surface area contributed by atoms with Crippen LogP contribution in [0.4, 0.5) is 0 Å². The normalized spacial score (nSPS) is 16.9. The summed E-state index contributed by atoms with van der Waals surface area (Å²) in [5, 5.41) is 11.7. The third-order valence-corrected chi connectivity index (χ3v) is 3.98. The second-order valence-electron chi connectivity index (χ2n) is 4.90. The van der Waals surface area contributed by atoms with Crippen molar-refractivity contribution < 1.29 is 18.3 Å². The SMILES string of the molecule is CCC(C)(CCO)NC(=O)C(N)CCS(C)(=O)=O. The lowest BCUT2D eigenvalue weighted by molar-refractivity contribution is -0.124. The van der Waals surface area contributed by atoms with Crippen LogP contribution in [-0.4, -0.2) is 49.6 Å². The van der Waals surface area contributed by atoms with Gasteiger partial charge in [-0.25, -0.2) is 8.42 Å². The highest BCUT2D eigenvalue weighted by Crippen LogP contribution is 2.14. The zero-order chi connectivity index (χ0) is 14.4. The standard InChI is InChI=1S/C11H24N2O4S/c1-4-11(2,6-7-14)13-10(15)9(12)5-8-18(3,16)17/h9,14H,4-8,12H2,1-3H3,(H,13,15). The third-order valence-electron chi connectivity index (χ3n) is 3.01. The van der Waals surface area contributed by atoms with Crippen molar-refractivity contribution in [3.8, 4) is 0 Å². The average molecular weight is 280 g/mol. The van der Waals surface area contributed by atoms with Gasteiger partial charge in [0, 0.05) is 18.4 Å². The molecule has 2 atom stereocenters. The highest BCUT2D eigenvalue weighted by atomic mass is 32.2. The van der Waals surface area contributed by atoms with Gasteiger partial charge in [-0.05, 0) is 26.2 Å². The molecule has 4 N–H and O–H groups in total. The number of nitrogens with two attached hydrogens (primary N) is 1. The van der Waals surface area contributed by atoms with Gasteiger partial charge in [0.1, 0.15) is 9.84 Å². The number of carbonyl (C=O) groups is 1. The Morgan fingerprint density at radius 3 is 2.44 bits per heavy atom. The minimum atomic E-state index is -3.11. The van der Waals surface area contributed by atoms with Gasteiger partial charge in [0.2, 0.25) is 5.91 Å². The Hall–Kier alpha value is -0.660. The van der Waals surface area contributed by atoms with Crippen molar-refractivity contribution in [2.45, 2.75) is 44.7 Å². The molecule has 0 aliphatic rings. The van der Waals surface area contributed by atoms with Crippen molar-refractivity contribution in [3.05, 3.63) is 0 Å². The van der Waals surface area contributed by atoms with Crippen LogP contribution in [0.5, 0.6) is 0 Å². The van der Waals surface area contributed by atoms with Crippen LogP contribution < -0.4 is 11.1 Å². The Labute approximate surface area is 109 Å². The van der Waals surface area contributed by atoms with Crippen molar-refractivity contribution >= 4 is 15.7 Å². The Balaban J connectivity index is 4.38. The smallest absolute Gasteiger partial charge is 0.237 e. The van der Waals surface area contributed by atoms with Gasteiger partial charge in [0.15, 0.2) is 0 Å². The van der Waals surface area contributed by atoms with E-state index in [1.165, 1.54) is 0 Å². The summed E-state index contributed by atoms with van der Waals surface area (Å²) in [6.45, 7) is 3.70. The van der Waals surface area contributed by atoms with Gasteiger partial charge in [-0.3, -0.25) is 4.79 Å². The van der Waals surface area contributed by atoms with Crippen molar-refractivity contribution in [1.82, 2.24) is 5.32 Å². The summed E-state index contributed by atoms with van der Waals surface area (Å²) in [5.74, 6) is -0.485. The maximum absolute atomic E-state index is 11.8. The molecule has 0 aromatic rings. The summed E-state index contributed by atoms with van der Waals surface area (Å²) in [6, 6.07) is -0.843. The van der Waals surface area contributed by atoms with Gasteiger partial charge >= 0.3 is 0 Å². The largest absolute Gasteiger partial charge is 0.396 e. The van der Waals surface area contributed by atoms with E-state index in [1.807, 2.05) is 13.8 Å². The first-order chi connectivity index (χ1) is 8.13. The Bertz CT molecular complexity index is 369. The Morgan fingerprint density at radius 1 is 1.50 bits per heavy atom. The topological polar surface area (TPSA) is 109 Å². The molecule has 0 fully saturated rings. The maximum Gasteiger partial charge on any atom is 0.237 e. The van der Waals surface area contributed by atoms with Gasteiger partial charge in [-0.15, -0.1) is 0 Å². The Morgan fingerprint density at radius 2 is 2.06 bits per heavy atom. The van der Waals surface area contributed by atoms with Gasteiger partial charge in [0.25, 0.3) is 0 Å². The third kappa shape index (κ3) is 6.93. The van der Waals surface area contributed by atoms with E-state index >= 15 is 0 Å². The molecule has 0 aliphatic carbocycles. The average Bonchev–Trinajstić information content (AvgIpc) is 2.25. The van der Waals surface area contributed by atoms with Gasteiger partial charge in [-0.1, -0.05) is 6.92 Å². The monoisotopic (exact) mass is 280 g/mol. The van der Waals surface area contributed by atoms with Crippen molar-refractivity contribution in [2.24, 2.45) is 5.73 Å². The van der Waals surface area contributed by atoms with Crippen LogP contribution in [0.25, 0.3) is 0 Å². The summed E-state index contributed by atoms with van der Waals surface area (Å²) in [6.07, 6.45) is 2.31. The van der Waals surface area contributed by atoms with E-state index in [0.29, 0.717) is 12.8 Å². The molecule has 18 heavy (non-hydrogen) atoms. The van der Waals surface area contributed by atoms with Gasteiger partial charge in [-0.2, -0.15) is 0 Å². The quantitative estimate of drug-likeness (QED) is 0.551. The lowest BCUT2D eigenvalue weighted by atomic mass is 9.94. The van der Waals surface area contributed by atoms with Crippen LogP contribution in [0.3, 0.4) is 0 Å². The molecule has 2 unspecified atom stereocenters. The molecule has 0 bridgehead atoms. The molecule has 0 rings (SSSR count). The highest BCUT2D eigenvalue weighted by Gasteiger charge is 2.26. The lowest BCUT2D eigenvalue weighted by Crippen LogP contribution is -2.52. The molecule has 7 heteroatoms. The van der Waals surface area contributed by atoms with E-state index in [4.69, 9.17) is 10.8 Å². The summed E-state index contributed by atoms with van der Waals surface area (Å²) in [7, 11) is -3.11. The van der Waals surface area contributed by atoms with Crippen LogP contribution in [0.15, 0.2) is 0 Å². The van der Waals surface area contributed by atoms with Gasteiger partial charge < -0.3 is 16.2 Å². The molecular weight excluding hydrogens is 256 g/mol. The van der Waals surface area contributed by atoms with Gasteiger partial charge in [0.05, 0.1) is 11.8 Å². The zero-order valence-corrected chi connectivity index (χ0v) is 12.1. The molecule has 0 aliphatic heterocycles. The predicted molar refractivity (Wildman–Crippen MR) is 70.8 cm³/mol. The van der Waals surface area contributed by atoms with Crippen LogP contribution in [0.1, 0.15) is 33.1 Å². The molecule has 0 spiro atoms. The van der Waals surface area contributed by atoms with E-state index in [1.54, 1.807) is 0 Å². The highest BCUT2D eigenvalue weighted by molar-refractivity contribution is 7.90. The number of sulfone groups is 1. The van der Waals surface area contributed by atoms with E-state index in [-0.39, 0.29) is 24.7 Å². The first-order valence-corrected chi connectivity index (χ1v) is 8.06. The molecule has 108 valence electrons. The number of amides is 1. The number of nitrogens with one attached hydrogen (secondary N) is 1. The second kappa shape index (κ2) is 7.06. The van der Waals surface area contributed by atoms with Crippen molar-refractivity contribution in [1.29, 1.82) is 0 Å². The maximum atomic E-state index is 11.8. The summed E-state index contributed by atoms with van der Waals surface area (Å²) >= 11 is 0. The molecule has 0 aromatic carbocycles. The molecule has 0 saturated heterocycles. The summed E-state index contributed by atoms with van der Waals surface area (Å²) in [5.41, 5.74) is 5.14. The summed E-state index contributed by atoms with van der Waals surface area (Å²) < 4.78 is 22.0. The number of hydrogen-bond donors (Lipinski definition) is 3. The van der Waals surface area contributed by atoms with E-state index in [2.05, 4.69) is 5.32 Å². The first-order valence-electron chi connectivity index (χ1n) is 6.00. The fraction of sp³-hybridized carbons (Fsp3) is 0.909. The van der Waals surface area contributed by atoms with E-state index in [0.717, 1.165) is 6.26 Å². The number of carbonyl (C=O) groups excluding carboxylic acids is 1. The van der Waals surface area contributed by atoms with Crippen LogP contribution in [-0.2, 0) is 14.6 Å². The molecule has 0 saturated carbocycles. The minimum Gasteiger partial charge on any atom is -0.396 e. The van der Waals surface area contributed by atoms with Crippen LogP contribution >= 0.6 is 0 Å². The molecule has 0 heterocycles. The predicted octanol–water partition coefficient (Wildman–Crippen LogP) is -0.584. The second-order valence-corrected chi connectivity index (χ2v) is 7.16. The molecule has 6 nitrogen and oxygen atoms in total. The first kappa shape index (κ1) is 17.3. The van der Waals surface area contributed by atoms with E-state index < -0.39 is 21.4 Å². The zero-order valence-electron chi connectivity index (χ0n) is 11.3. The number of hydrogen-bond acceptors (Lipinski definition) is 5.